The van der Waals surface area contributed by atoms with Gasteiger partial charge in [0.2, 0.25) is 0 Å². The molecule has 0 unspecified atom stereocenters. The topological polar surface area (TPSA) is 32.8 Å². The Morgan fingerprint density at radius 3 is 2.08 bits per heavy atom. The molecule has 0 aromatic rings. The van der Waals surface area contributed by atoms with E-state index in [1.54, 1.807) is 9.96 Å². The Morgan fingerprint density at radius 2 is 1.46 bits per heavy atom. The molecule has 2 rings (SSSR count). The van der Waals surface area contributed by atoms with Gasteiger partial charge in [-0.05, 0) is 25.7 Å². The van der Waals surface area contributed by atoms with Crippen LogP contribution >= 0.6 is 0 Å². The third-order valence-electron chi connectivity index (χ3n) is 2.64. The fourth-order valence-corrected chi connectivity index (χ4v) is 1.85. The van der Waals surface area contributed by atoms with Crippen LogP contribution in [0.5, 0.6) is 0 Å². The summed E-state index contributed by atoms with van der Waals surface area (Å²) in [7, 11) is 0. The van der Waals surface area contributed by atoms with Crippen LogP contribution in [0.1, 0.15) is 25.7 Å². The Hall–Kier alpha value is -0.770. The van der Waals surface area contributed by atoms with Crippen molar-refractivity contribution < 1.29 is 9.63 Å². The first-order valence-corrected chi connectivity index (χ1v) is 5.08. The molecule has 2 heterocycles. The standard InChI is InChI=1S/C9H16N2O2/c12-9(10-5-1-2-6-10)13-11-7-3-4-8-11/h1-8H2. The molecule has 2 aliphatic rings. The lowest BCUT2D eigenvalue weighted by Gasteiger charge is -2.19. The van der Waals surface area contributed by atoms with Gasteiger partial charge >= 0.3 is 6.09 Å². The van der Waals surface area contributed by atoms with E-state index >= 15 is 0 Å². The molecular weight excluding hydrogens is 168 g/mol. The van der Waals surface area contributed by atoms with Crippen molar-refractivity contribution in [3.8, 4) is 0 Å². The van der Waals surface area contributed by atoms with Gasteiger partial charge in [0, 0.05) is 26.2 Å². The van der Waals surface area contributed by atoms with Gasteiger partial charge in [0.1, 0.15) is 0 Å². The van der Waals surface area contributed by atoms with Crippen LogP contribution in [-0.4, -0.2) is 42.2 Å². The Balaban J connectivity index is 1.76. The second kappa shape index (κ2) is 3.96. The number of hydroxylamine groups is 2. The summed E-state index contributed by atoms with van der Waals surface area (Å²) in [5.74, 6) is 0. The van der Waals surface area contributed by atoms with Gasteiger partial charge in [0.05, 0.1) is 0 Å². The summed E-state index contributed by atoms with van der Waals surface area (Å²) >= 11 is 0. The molecule has 4 heteroatoms. The van der Waals surface area contributed by atoms with E-state index in [4.69, 9.17) is 4.84 Å². The van der Waals surface area contributed by atoms with Crippen molar-refractivity contribution in [1.82, 2.24) is 9.96 Å². The maximum absolute atomic E-state index is 11.5. The van der Waals surface area contributed by atoms with Gasteiger partial charge in [-0.1, -0.05) is 0 Å². The van der Waals surface area contributed by atoms with Crippen LogP contribution in [0.3, 0.4) is 0 Å². The zero-order valence-electron chi connectivity index (χ0n) is 7.87. The molecule has 1 amide bonds. The molecule has 4 nitrogen and oxygen atoms in total. The van der Waals surface area contributed by atoms with Crippen LogP contribution < -0.4 is 0 Å². The third kappa shape index (κ3) is 2.12. The van der Waals surface area contributed by atoms with Crippen molar-refractivity contribution in [2.24, 2.45) is 0 Å². The van der Waals surface area contributed by atoms with Gasteiger partial charge < -0.3 is 9.74 Å². The minimum Gasteiger partial charge on any atom is -0.351 e. The first-order valence-electron chi connectivity index (χ1n) is 5.08. The Labute approximate surface area is 78.4 Å². The summed E-state index contributed by atoms with van der Waals surface area (Å²) in [5, 5.41) is 1.78. The smallest absolute Gasteiger partial charge is 0.351 e. The van der Waals surface area contributed by atoms with Crippen LogP contribution in [-0.2, 0) is 4.84 Å². The van der Waals surface area contributed by atoms with Crippen molar-refractivity contribution in [2.45, 2.75) is 25.7 Å². The first kappa shape index (κ1) is 8.81. The third-order valence-corrected chi connectivity index (χ3v) is 2.64. The van der Waals surface area contributed by atoms with Crippen LogP contribution in [0.2, 0.25) is 0 Å². The quantitative estimate of drug-likeness (QED) is 0.614. The molecule has 74 valence electrons. The number of hydrogen-bond donors (Lipinski definition) is 0. The Bertz CT molecular complexity index is 184. The molecule has 0 aromatic heterocycles. The number of hydrogen-bond acceptors (Lipinski definition) is 3. The highest BCUT2D eigenvalue weighted by Crippen LogP contribution is 2.12. The van der Waals surface area contributed by atoms with E-state index in [0.717, 1.165) is 51.9 Å². The molecule has 0 N–H and O–H groups in total. The molecule has 0 spiro atoms. The molecule has 0 radical (unpaired) electrons. The fraction of sp³-hybridized carbons (Fsp3) is 0.889. The highest BCUT2D eigenvalue weighted by molar-refractivity contribution is 5.67. The molecule has 13 heavy (non-hydrogen) atoms. The van der Waals surface area contributed by atoms with Crippen molar-refractivity contribution in [3.05, 3.63) is 0 Å². The minimum atomic E-state index is -0.153. The SMILES string of the molecule is O=C(ON1CCCC1)N1CCCC1. The average Bonchev–Trinajstić information content (AvgIpc) is 2.74. The number of rotatable bonds is 1. The van der Waals surface area contributed by atoms with E-state index in [1.165, 1.54) is 0 Å². The highest BCUT2D eigenvalue weighted by Gasteiger charge is 2.23. The van der Waals surface area contributed by atoms with Crippen molar-refractivity contribution >= 4 is 6.09 Å². The second-order valence-electron chi connectivity index (χ2n) is 3.69. The van der Waals surface area contributed by atoms with E-state index in [9.17, 15) is 4.79 Å². The predicted octanol–water partition coefficient (Wildman–Crippen LogP) is 1.23. The van der Waals surface area contributed by atoms with E-state index in [-0.39, 0.29) is 6.09 Å². The first-order chi connectivity index (χ1) is 6.36. The second-order valence-corrected chi connectivity index (χ2v) is 3.69. The lowest BCUT2D eigenvalue weighted by atomic mass is 10.4. The maximum atomic E-state index is 11.5. The Kier molecular flexibility index (Phi) is 2.68. The Morgan fingerprint density at radius 1 is 0.923 bits per heavy atom. The maximum Gasteiger partial charge on any atom is 0.428 e. The predicted molar refractivity (Wildman–Crippen MR) is 48.1 cm³/mol. The van der Waals surface area contributed by atoms with Gasteiger partial charge in [0.15, 0.2) is 0 Å². The highest BCUT2D eigenvalue weighted by atomic mass is 16.7. The summed E-state index contributed by atoms with van der Waals surface area (Å²) in [6.07, 6.45) is 4.38. The average molecular weight is 184 g/mol. The fourth-order valence-electron chi connectivity index (χ4n) is 1.85. The number of carbonyl (C=O) groups is 1. The molecule has 0 atom stereocenters. The molecule has 0 aliphatic carbocycles. The van der Waals surface area contributed by atoms with Crippen LogP contribution in [0.15, 0.2) is 0 Å². The van der Waals surface area contributed by atoms with Crippen molar-refractivity contribution in [1.29, 1.82) is 0 Å². The molecule has 0 aromatic carbocycles. The molecule has 2 aliphatic heterocycles. The number of nitrogens with zero attached hydrogens (tertiary/aromatic N) is 2. The molecule has 2 fully saturated rings. The lowest BCUT2D eigenvalue weighted by Crippen LogP contribution is -2.34. The van der Waals surface area contributed by atoms with Crippen LogP contribution in [0.4, 0.5) is 4.79 Å². The van der Waals surface area contributed by atoms with Gasteiger partial charge in [-0.15, -0.1) is 5.06 Å². The molecule has 2 saturated heterocycles. The van der Waals surface area contributed by atoms with Crippen molar-refractivity contribution in [3.63, 3.8) is 0 Å². The monoisotopic (exact) mass is 184 g/mol. The minimum absolute atomic E-state index is 0.153. The van der Waals surface area contributed by atoms with E-state index in [1.807, 2.05) is 0 Å². The van der Waals surface area contributed by atoms with Gasteiger partial charge in [-0.25, -0.2) is 4.79 Å². The zero-order chi connectivity index (χ0) is 9.10. The van der Waals surface area contributed by atoms with Gasteiger partial charge in [-0.2, -0.15) is 0 Å². The summed E-state index contributed by atoms with van der Waals surface area (Å²) < 4.78 is 0. The van der Waals surface area contributed by atoms with E-state index < -0.39 is 0 Å². The van der Waals surface area contributed by atoms with Crippen LogP contribution in [0, 0.1) is 0 Å². The summed E-state index contributed by atoms with van der Waals surface area (Å²) in [4.78, 5) is 18.5. The summed E-state index contributed by atoms with van der Waals surface area (Å²) in [5.41, 5.74) is 0. The zero-order valence-corrected chi connectivity index (χ0v) is 7.87. The van der Waals surface area contributed by atoms with E-state index in [2.05, 4.69) is 0 Å². The normalized spacial score (nSPS) is 23.8. The number of likely N-dealkylation sites (tertiary alicyclic amines) is 1. The molecule has 0 bridgehead atoms. The van der Waals surface area contributed by atoms with Gasteiger partial charge in [-0.3, -0.25) is 0 Å². The van der Waals surface area contributed by atoms with Crippen LogP contribution in [0.25, 0.3) is 0 Å². The van der Waals surface area contributed by atoms with Crippen molar-refractivity contribution in [2.75, 3.05) is 26.2 Å². The summed E-state index contributed by atoms with van der Waals surface area (Å²) in [6, 6.07) is 0. The van der Waals surface area contributed by atoms with Gasteiger partial charge in [0.25, 0.3) is 0 Å². The number of carbonyl (C=O) groups excluding carboxylic acids is 1. The largest absolute Gasteiger partial charge is 0.428 e. The molecular formula is C9H16N2O2. The molecule has 0 saturated carbocycles. The lowest BCUT2D eigenvalue weighted by molar-refractivity contribution is -0.0928. The summed E-state index contributed by atoms with van der Waals surface area (Å²) in [6.45, 7) is 3.54. The number of amides is 1. The van der Waals surface area contributed by atoms with E-state index in [0.29, 0.717) is 0 Å².